The van der Waals surface area contributed by atoms with Crippen molar-refractivity contribution in [3.8, 4) is 0 Å². The summed E-state index contributed by atoms with van der Waals surface area (Å²) in [5.41, 5.74) is 0.354. The average Bonchev–Trinajstić information content (AvgIpc) is 3.26. The number of nitrogens with one attached hydrogen (secondary N) is 1. The minimum atomic E-state index is -4.75. The topological polar surface area (TPSA) is 69.7 Å². The molecule has 1 aliphatic carbocycles. The highest BCUT2D eigenvalue weighted by Crippen LogP contribution is 2.44. The molecule has 1 heterocycles. The van der Waals surface area contributed by atoms with Gasteiger partial charge in [-0.3, -0.25) is 14.5 Å². The Balaban J connectivity index is 1.60. The number of hydrogen-bond donors (Lipinski definition) is 1. The first-order chi connectivity index (χ1) is 15.9. The molecule has 0 unspecified atom stereocenters. The maximum absolute atomic E-state index is 13.5. The fraction of sp³-hybridized carbons (Fsp3) is 0.348. The Labute approximate surface area is 201 Å². The molecule has 4 amide bonds. The number of hydrogen-bond acceptors (Lipinski definition) is 3. The normalized spacial score (nSPS) is 20.5. The second kappa shape index (κ2) is 8.68. The van der Waals surface area contributed by atoms with E-state index in [4.69, 9.17) is 0 Å². The molecule has 180 valence electrons. The molecule has 34 heavy (non-hydrogen) atoms. The van der Waals surface area contributed by atoms with Crippen LogP contribution < -0.4 is 5.32 Å². The number of nitrogens with zero attached hydrogens (tertiary/aromatic N) is 2. The van der Waals surface area contributed by atoms with Crippen LogP contribution in [0.15, 0.2) is 46.9 Å². The van der Waals surface area contributed by atoms with Crippen LogP contribution in [0, 0.1) is 5.82 Å². The molecular weight excluding hydrogens is 522 g/mol. The van der Waals surface area contributed by atoms with Crippen LogP contribution >= 0.6 is 15.9 Å². The predicted molar refractivity (Wildman–Crippen MR) is 117 cm³/mol. The van der Waals surface area contributed by atoms with E-state index in [1.807, 2.05) is 6.07 Å². The van der Waals surface area contributed by atoms with Gasteiger partial charge in [0.1, 0.15) is 23.9 Å². The van der Waals surface area contributed by atoms with E-state index in [0.29, 0.717) is 26.3 Å². The van der Waals surface area contributed by atoms with Crippen LogP contribution in [0.25, 0.3) is 0 Å². The fourth-order valence-electron chi connectivity index (χ4n) is 4.44. The predicted octanol–water partition coefficient (Wildman–Crippen LogP) is 4.26. The summed E-state index contributed by atoms with van der Waals surface area (Å²) in [6.45, 7) is -0.504. The van der Waals surface area contributed by atoms with Crippen molar-refractivity contribution in [3.63, 3.8) is 0 Å². The SMILES string of the molecule is C[C@H](N(Cc1ccc(F)cc1)C(=O)CN1C(=O)N[C@]2(CCc3cccc(Br)c32)C1=O)C(F)(F)F. The number of imide groups is 1. The van der Waals surface area contributed by atoms with Crippen LogP contribution in [0.5, 0.6) is 0 Å². The molecular formula is C23H20BrF4N3O3. The van der Waals surface area contributed by atoms with Crippen LogP contribution in [0.3, 0.4) is 0 Å². The zero-order chi connectivity index (χ0) is 24.8. The van der Waals surface area contributed by atoms with E-state index in [1.54, 1.807) is 12.1 Å². The van der Waals surface area contributed by atoms with E-state index in [0.717, 1.165) is 24.6 Å². The van der Waals surface area contributed by atoms with Gasteiger partial charge in [-0.05, 0) is 49.1 Å². The summed E-state index contributed by atoms with van der Waals surface area (Å²) in [7, 11) is 0. The van der Waals surface area contributed by atoms with E-state index < -0.39 is 54.5 Å². The maximum atomic E-state index is 13.5. The Morgan fingerprint density at radius 1 is 1.21 bits per heavy atom. The molecule has 2 aromatic rings. The molecule has 2 atom stereocenters. The Kier molecular flexibility index (Phi) is 6.17. The lowest BCUT2D eigenvalue weighted by molar-refractivity contribution is -0.187. The van der Waals surface area contributed by atoms with Gasteiger partial charge in [-0.15, -0.1) is 0 Å². The molecule has 2 aromatic carbocycles. The van der Waals surface area contributed by atoms with Crippen molar-refractivity contribution < 1.29 is 31.9 Å². The summed E-state index contributed by atoms with van der Waals surface area (Å²) < 4.78 is 54.4. The lowest BCUT2D eigenvalue weighted by atomic mass is 9.92. The van der Waals surface area contributed by atoms with Crippen LogP contribution in [-0.4, -0.2) is 46.4 Å². The molecule has 11 heteroatoms. The molecule has 1 aliphatic heterocycles. The van der Waals surface area contributed by atoms with E-state index in [2.05, 4.69) is 21.2 Å². The average molecular weight is 542 g/mol. The maximum Gasteiger partial charge on any atom is 0.408 e. The van der Waals surface area contributed by atoms with Gasteiger partial charge in [0.2, 0.25) is 5.91 Å². The van der Waals surface area contributed by atoms with Crippen molar-refractivity contribution in [3.05, 3.63) is 69.4 Å². The number of alkyl halides is 3. The largest absolute Gasteiger partial charge is 0.408 e. The molecule has 6 nitrogen and oxygen atoms in total. The lowest BCUT2D eigenvalue weighted by Gasteiger charge is -2.32. The first-order valence-electron chi connectivity index (χ1n) is 10.5. The highest BCUT2D eigenvalue weighted by Gasteiger charge is 2.56. The Bertz CT molecular complexity index is 1160. The van der Waals surface area contributed by atoms with Crippen molar-refractivity contribution in [1.29, 1.82) is 0 Å². The third-order valence-electron chi connectivity index (χ3n) is 6.29. The zero-order valence-electron chi connectivity index (χ0n) is 18.0. The molecule has 0 saturated carbocycles. The first-order valence-corrected chi connectivity index (χ1v) is 11.3. The van der Waals surface area contributed by atoms with Gasteiger partial charge < -0.3 is 10.2 Å². The number of rotatable bonds is 5. The number of amides is 4. The van der Waals surface area contributed by atoms with E-state index in [9.17, 15) is 31.9 Å². The minimum Gasteiger partial charge on any atom is -0.325 e. The summed E-state index contributed by atoms with van der Waals surface area (Å²) in [6.07, 6.45) is -3.95. The number of benzene rings is 2. The molecule has 1 spiro atoms. The Hall–Kier alpha value is -2.95. The zero-order valence-corrected chi connectivity index (χ0v) is 19.5. The van der Waals surface area contributed by atoms with Gasteiger partial charge in [0.05, 0.1) is 0 Å². The summed E-state index contributed by atoms with van der Waals surface area (Å²) in [5.74, 6) is -2.31. The van der Waals surface area contributed by atoms with Gasteiger partial charge in [0.25, 0.3) is 5.91 Å². The standard InChI is InChI=1S/C23H20BrF4N3O3/c1-13(23(26,27)28)30(11-14-5-7-16(25)8-6-14)18(32)12-31-20(33)22(29-21(31)34)10-9-15-3-2-4-17(24)19(15)22/h2-8,13H,9-12H2,1H3,(H,29,34)/t13-,22-/m0/s1. The molecule has 2 aliphatic rings. The molecule has 1 fully saturated rings. The quantitative estimate of drug-likeness (QED) is 0.454. The van der Waals surface area contributed by atoms with Crippen LogP contribution in [-0.2, 0) is 28.1 Å². The number of fused-ring (bicyclic) bond motifs is 2. The van der Waals surface area contributed by atoms with Gasteiger partial charge in [-0.25, -0.2) is 9.18 Å². The first kappa shape index (κ1) is 24.2. The molecule has 0 bridgehead atoms. The van der Waals surface area contributed by atoms with Crippen LogP contribution in [0.1, 0.15) is 30.0 Å². The van der Waals surface area contributed by atoms with Gasteiger partial charge >= 0.3 is 12.2 Å². The van der Waals surface area contributed by atoms with Gasteiger partial charge in [0.15, 0.2) is 0 Å². The van der Waals surface area contributed by atoms with Crippen molar-refractivity contribution in [2.45, 2.75) is 44.1 Å². The molecule has 0 radical (unpaired) electrons. The molecule has 4 rings (SSSR count). The Morgan fingerprint density at radius 3 is 2.53 bits per heavy atom. The molecule has 0 aromatic heterocycles. The molecule has 1 N–H and O–H groups in total. The van der Waals surface area contributed by atoms with Crippen LogP contribution in [0.4, 0.5) is 22.4 Å². The van der Waals surface area contributed by atoms with Gasteiger partial charge in [0, 0.05) is 16.6 Å². The number of carbonyl (C=O) groups excluding carboxylic acids is 3. The summed E-state index contributed by atoms with van der Waals surface area (Å²) in [5, 5.41) is 2.66. The molecule has 1 saturated heterocycles. The third-order valence-corrected chi connectivity index (χ3v) is 6.95. The fourth-order valence-corrected chi connectivity index (χ4v) is 5.19. The number of aryl methyl sites for hydroxylation is 1. The van der Waals surface area contributed by atoms with E-state index in [-0.39, 0.29) is 12.0 Å². The van der Waals surface area contributed by atoms with E-state index in [1.165, 1.54) is 12.1 Å². The minimum absolute atomic E-state index is 0.271. The second-order valence-electron chi connectivity index (χ2n) is 8.37. The van der Waals surface area contributed by atoms with Crippen molar-refractivity contribution in [1.82, 2.24) is 15.1 Å². The number of urea groups is 1. The van der Waals surface area contributed by atoms with Crippen molar-refractivity contribution in [2.75, 3.05) is 6.54 Å². The van der Waals surface area contributed by atoms with E-state index >= 15 is 0 Å². The highest BCUT2D eigenvalue weighted by molar-refractivity contribution is 9.10. The lowest BCUT2D eigenvalue weighted by Crippen LogP contribution is -2.51. The second-order valence-corrected chi connectivity index (χ2v) is 9.22. The third kappa shape index (κ3) is 4.17. The number of halogens is 5. The highest BCUT2D eigenvalue weighted by atomic mass is 79.9. The summed E-state index contributed by atoms with van der Waals surface area (Å²) in [6, 6.07) is 7.02. The Morgan fingerprint density at radius 2 is 1.88 bits per heavy atom. The van der Waals surface area contributed by atoms with Crippen LogP contribution in [0.2, 0.25) is 0 Å². The smallest absolute Gasteiger partial charge is 0.325 e. The monoisotopic (exact) mass is 541 g/mol. The van der Waals surface area contributed by atoms with Gasteiger partial charge in [-0.2, -0.15) is 13.2 Å². The van der Waals surface area contributed by atoms with Crippen molar-refractivity contribution in [2.24, 2.45) is 0 Å². The number of carbonyl (C=O) groups is 3. The van der Waals surface area contributed by atoms with Crippen molar-refractivity contribution >= 4 is 33.8 Å². The van der Waals surface area contributed by atoms with Gasteiger partial charge in [-0.1, -0.05) is 40.2 Å². The summed E-state index contributed by atoms with van der Waals surface area (Å²) >= 11 is 3.41. The summed E-state index contributed by atoms with van der Waals surface area (Å²) in [4.78, 5) is 40.3.